The number of hydrogen-bond acceptors (Lipinski definition) is 3. The van der Waals surface area contributed by atoms with Crippen LogP contribution in [0.1, 0.15) is 23.2 Å². The zero-order valence-electron chi connectivity index (χ0n) is 10.1. The van der Waals surface area contributed by atoms with Crippen LogP contribution in [0.15, 0.2) is 24.3 Å². The Balaban J connectivity index is 1.89. The molecule has 1 atom stereocenters. The van der Waals surface area contributed by atoms with Crippen molar-refractivity contribution < 1.29 is 4.79 Å². The summed E-state index contributed by atoms with van der Waals surface area (Å²) < 4.78 is 0. The maximum Gasteiger partial charge on any atom is 0.251 e. The van der Waals surface area contributed by atoms with E-state index in [1.165, 1.54) is 6.42 Å². The molecule has 0 aliphatic carbocycles. The SMILES string of the molecule is CN1CCCC1CNC(=O)c1cccc(N)c1. The number of hydrogen-bond donors (Lipinski definition) is 2. The molecule has 92 valence electrons. The molecule has 1 aliphatic rings. The summed E-state index contributed by atoms with van der Waals surface area (Å²) in [7, 11) is 2.10. The second-order valence-electron chi connectivity index (χ2n) is 4.61. The minimum Gasteiger partial charge on any atom is -0.399 e. The molecule has 1 aromatic rings. The van der Waals surface area contributed by atoms with E-state index in [1.807, 2.05) is 0 Å². The number of amides is 1. The van der Waals surface area contributed by atoms with Crippen LogP contribution in [0.3, 0.4) is 0 Å². The third kappa shape index (κ3) is 2.97. The molecule has 4 heteroatoms. The highest BCUT2D eigenvalue weighted by atomic mass is 16.1. The fourth-order valence-corrected chi connectivity index (χ4v) is 2.23. The average Bonchev–Trinajstić information content (AvgIpc) is 2.72. The van der Waals surface area contributed by atoms with Crippen molar-refractivity contribution in [3.05, 3.63) is 29.8 Å². The van der Waals surface area contributed by atoms with E-state index in [-0.39, 0.29) is 5.91 Å². The van der Waals surface area contributed by atoms with Crippen LogP contribution in [0.25, 0.3) is 0 Å². The van der Waals surface area contributed by atoms with Gasteiger partial charge in [-0.05, 0) is 44.6 Å². The van der Waals surface area contributed by atoms with Gasteiger partial charge in [0.15, 0.2) is 0 Å². The van der Waals surface area contributed by atoms with Gasteiger partial charge in [-0.3, -0.25) is 4.79 Å². The van der Waals surface area contributed by atoms with Gasteiger partial charge in [0.05, 0.1) is 0 Å². The highest BCUT2D eigenvalue weighted by molar-refractivity contribution is 5.94. The van der Waals surface area contributed by atoms with Crippen LogP contribution in [0, 0.1) is 0 Å². The first kappa shape index (κ1) is 11.9. The number of nitrogens with one attached hydrogen (secondary N) is 1. The molecule has 1 amide bonds. The summed E-state index contributed by atoms with van der Waals surface area (Å²) in [5.41, 5.74) is 6.90. The van der Waals surface area contributed by atoms with Crippen molar-refractivity contribution in [2.45, 2.75) is 18.9 Å². The Morgan fingerprint density at radius 1 is 1.59 bits per heavy atom. The first-order valence-corrected chi connectivity index (χ1v) is 6.01. The third-order valence-corrected chi connectivity index (χ3v) is 3.32. The van der Waals surface area contributed by atoms with Gasteiger partial charge >= 0.3 is 0 Å². The summed E-state index contributed by atoms with van der Waals surface area (Å²) in [5, 5.41) is 2.96. The van der Waals surface area contributed by atoms with Crippen molar-refractivity contribution in [1.29, 1.82) is 0 Å². The van der Waals surface area contributed by atoms with Crippen molar-refractivity contribution in [2.75, 3.05) is 25.9 Å². The lowest BCUT2D eigenvalue weighted by molar-refractivity contribution is 0.0943. The van der Waals surface area contributed by atoms with Crippen LogP contribution < -0.4 is 11.1 Å². The quantitative estimate of drug-likeness (QED) is 0.768. The Morgan fingerprint density at radius 3 is 3.06 bits per heavy atom. The maximum absolute atomic E-state index is 11.9. The Bertz CT molecular complexity index is 405. The Hall–Kier alpha value is -1.55. The molecular weight excluding hydrogens is 214 g/mol. The van der Waals surface area contributed by atoms with Gasteiger partial charge in [0, 0.05) is 23.8 Å². The van der Waals surface area contributed by atoms with Gasteiger partial charge < -0.3 is 16.0 Å². The standard InChI is InChI=1S/C13H19N3O/c1-16-7-3-6-12(16)9-15-13(17)10-4-2-5-11(14)8-10/h2,4-5,8,12H,3,6-7,9,14H2,1H3,(H,15,17). The molecule has 0 saturated carbocycles. The van der Waals surface area contributed by atoms with E-state index in [4.69, 9.17) is 5.73 Å². The molecule has 4 nitrogen and oxygen atoms in total. The number of carbonyl (C=O) groups excluding carboxylic acids is 1. The molecule has 1 unspecified atom stereocenters. The summed E-state index contributed by atoms with van der Waals surface area (Å²) in [6, 6.07) is 7.53. The zero-order valence-corrected chi connectivity index (χ0v) is 10.1. The van der Waals surface area contributed by atoms with Crippen molar-refractivity contribution in [3.8, 4) is 0 Å². The average molecular weight is 233 g/mol. The largest absolute Gasteiger partial charge is 0.399 e. The van der Waals surface area contributed by atoms with Gasteiger partial charge in [-0.25, -0.2) is 0 Å². The third-order valence-electron chi connectivity index (χ3n) is 3.32. The van der Waals surface area contributed by atoms with Gasteiger partial charge in [-0.15, -0.1) is 0 Å². The zero-order chi connectivity index (χ0) is 12.3. The van der Waals surface area contributed by atoms with Crippen LogP contribution in [-0.2, 0) is 0 Å². The lowest BCUT2D eigenvalue weighted by Crippen LogP contribution is -2.38. The fourth-order valence-electron chi connectivity index (χ4n) is 2.23. The van der Waals surface area contributed by atoms with Gasteiger partial charge in [0.2, 0.25) is 0 Å². The topological polar surface area (TPSA) is 58.4 Å². The molecule has 1 aliphatic heterocycles. The predicted molar refractivity (Wildman–Crippen MR) is 68.8 cm³/mol. The summed E-state index contributed by atoms with van der Waals surface area (Å²) in [5.74, 6) is -0.0439. The minimum absolute atomic E-state index is 0.0439. The number of likely N-dealkylation sites (tertiary alicyclic amines) is 1. The molecule has 2 rings (SSSR count). The number of nitrogen functional groups attached to an aromatic ring is 1. The first-order chi connectivity index (χ1) is 8.16. The number of nitrogens with zero attached hydrogens (tertiary/aromatic N) is 1. The van der Waals surface area contributed by atoms with Gasteiger partial charge in [-0.1, -0.05) is 6.07 Å². The van der Waals surface area contributed by atoms with Crippen LogP contribution in [-0.4, -0.2) is 37.0 Å². The molecule has 0 aromatic heterocycles. The molecule has 1 heterocycles. The van der Waals surface area contributed by atoms with Crippen molar-refractivity contribution >= 4 is 11.6 Å². The Morgan fingerprint density at radius 2 is 2.41 bits per heavy atom. The lowest BCUT2D eigenvalue weighted by Gasteiger charge is -2.19. The van der Waals surface area contributed by atoms with Gasteiger partial charge in [0.25, 0.3) is 5.91 Å². The highest BCUT2D eigenvalue weighted by Crippen LogP contribution is 2.14. The number of nitrogens with two attached hydrogens (primary N) is 1. The lowest BCUT2D eigenvalue weighted by atomic mass is 10.1. The smallest absolute Gasteiger partial charge is 0.251 e. The van der Waals surface area contributed by atoms with E-state index in [0.717, 1.165) is 13.0 Å². The molecule has 17 heavy (non-hydrogen) atoms. The van der Waals surface area contributed by atoms with E-state index in [1.54, 1.807) is 24.3 Å². The van der Waals surface area contributed by atoms with Crippen LogP contribution >= 0.6 is 0 Å². The Kier molecular flexibility index (Phi) is 3.64. The molecule has 0 radical (unpaired) electrons. The van der Waals surface area contributed by atoms with Gasteiger partial charge in [-0.2, -0.15) is 0 Å². The normalized spacial score (nSPS) is 20.4. The molecule has 1 saturated heterocycles. The summed E-state index contributed by atoms with van der Waals surface area (Å²) in [6.45, 7) is 1.84. The monoisotopic (exact) mass is 233 g/mol. The van der Waals surface area contributed by atoms with E-state index in [0.29, 0.717) is 23.8 Å². The number of rotatable bonds is 3. The van der Waals surface area contributed by atoms with Crippen molar-refractivity contribution in [1.82, 2.24) is 10.2 Å². The van der Waals surface area contributed by atoms with Crippen LogP contribution in [0.4, 0.5) is 5.69 Å². The summed E-state index contributed by atoms with van der Waals surface area (Å²) in [6.07, 6.45) is 2.38. The number of carbonyl (C=O) groups is 1. The predicted octanol–water partition coefficient (Wildman–Crippen LogP) is 1.09. The van der Waals surface area contributed by atoms with Crippen molar-refractivity contribution in [2.24, 2.45) is 0 Å². The van der Waals surface area contributed by atoms with Crippen LogP contribution in [0.5, 0.6) is 0 Å². The van der Waals surface area contributed by atoms with E-state index >= 15 is 0 Å². The molecular formula is C13H19N3O. The minimum atomic E-state index is -0.0439. The van der Waals surface area contributed by atoms with Crippen molar-refractivity contribution in [3.63, 3.8) is 0 Å². The van der Waals surface area contributed by atoms with Gasteiger partial charge in [0.1, 0.15) is 0 Å². The molecule has 0 bridgehead atoms. The molecule has 1 aromatic carbocycles. The molecule has 0 spiro atoms. The fraction of sp³-hybridized carbons (Fsp3) is 0.462. The van der Waals surface area contributed by atoms with E-state index in [9.17, 15) is 4.79 Å². The maximum atomic E-state index is 11.9. The summed E-state index contributed by atoms with van der Waals surface area (Å²) in [4.78, 5) is 14.2. The summed E-state index contributed by atoms with van der Waals surface area (Å²) >= 11 is 0. The molecule has 3 N–H and O–H groups in total. The van der Waals surface area contributed by atoms with E-state index < -0.39 is 0 Å². The first-order valence-electron chi connectivity index (χ1n) is 6.01. The second kappa shape index (κ2) is 5.19. The molecule has 1 fully saturated rings. The number of likely N-dealkylation sites (N-methyl/N-ethyl adjacent to an activating group) is 1. The van der Waals surface area contributed by atoms with Crippen LogP contribution in [0.2, 0.25) is 0 Å². The number of benzene rings is 1. The second-order valence-corrected chi connectivity index (χ2v) is 4.61. The highest BCUT2D eigenvalue weighted by Gasteiger charge is 2.21. The van der Waals surface area contributed by atoms with E-state index in [2.05, 4.69) is 17.3 Å². The number of anilines is 1. The Labute approximate surface area is 102 Å².